The molecule has 8 nitrogen and oxygen atoms in total. The molecule has 1 saturated heterocycles. The summed E-state index contributed by atoms with van der Waals surface area (Å²) in [5.41, 5.74) is -0.0175. The zero-order valence-corrected chi connectivity index (χ0v) is 15.1. The minimum Gasteiger partial charge on any atom is -0.360 e. The molecule has 3 heterocycles. The first kappa shape index (κ1) is 15.8. The average Bonchev–Trinajstić information content (AvgIpc) is 3.52. The largest absolute Gasteiger partial charge is 0.360 e. The Morgan fingerprint density at radius 3 is 2.65 bits per heavy atom. The van der Waals surface area contributed by atoms with Gasteiger partial charge in [-0.25, -0.2) is 9.89 Å². The maximum absolute atomic E-state index is 13.5. The molecule has 1 aliphatic heterocycles. The number of amides is 1. The van der Waals surface area contributed by atoms with Crippen molar-refractivity contribution in [2.24, 2.45) is 18.9 Å². The summed E-state index contributed by atoms with van der Waals surface area (Å²) in [6.07, 6.45) is 4.95. The van der Waals surface area contributed by atoms with Gasteiger partial charge in [-0.2, -0.15) is 5.10 Å². The number of aromatic amines is 1. The minimum atomic E-state index is -0.576. The average molecular weight is 357 g/mol. The number of hydrogen-bond donors (Lipinski definition) is 1. The molecular weight excluding hydrogens is 334 g/mol. The third-order valence-corrected chi connectivity index (χ3v) is 6.37. The third kappa shape index (κ3) is 2.20. The summed E-state index contributed by atoms with van der Waals surface area (Å²) in [5.74, 6) is 2.44. The van der Waals surface area contributed by atoms with Crippen LogP contribution in [0, 0.1) is 18.8 Å². The molecule has 2 unspecified atom stereocenters. The highest BCUT2D eigenvalue weighted by atomic mass is 16.5. The third-order valence-electron chi connectivity index (χ3n) is 6.37. The Hall–Kier alpha value is -2.38. The number of carbonyl (C=O) groups is 1. The van der Waals surface area contributed by atoms with Crippen LogP contribution in [-0.2, 0) is 17.3 Å². The molecule has 2 aromatic heterocycles. The van der Waals surface area contributed by atoms with E-state index in [1.807, 2.05) is 17.9 Å². The van der Waals surface area contributed by atoms with E-state index < -0.39 is 5.41 Å². The zero-order chi connectivity index (χ0) is 18.1. The van der Waals surface area contributed by atoms with Gasteiger partial charge < -0.3 is 9.42 Å². The molecule has 8 heteroatoms. The molecule has 0 radical (unpaired) electrons. The number of hydrogen-bond acceptors (Lipinski definition) is 5. The van der Waals surface area contributed by atoms with Gasteiger partial charge in [0.15, 0.2) is 11.6 Å². The number of carbonyl (C=O) groups excluding carboxylic acids is 1. The van der Waals surface area contributed by atoms with Crippen molar-refractivity contribution in [3.05, 3.63) is 33.8 Å². The first-order valence-corrected chi connectivity index (χ1v) is 9.37. The van der Waals surface area contributed by atoms with Crippen LogP contribution in [0.4, 0.5) is 0 Å². The SMILES string of the molecule is Cc1cc(C2(C(=O)N3CCC(C4CC4)C3c3n[nH]c(=O)n3C)CC2)on1. The molecule has 1 N–H and O–H groups in total. The lowest BCUT2D eigenvalue weighted by Gasteiger charge is -2.30. The number of likely N-dealkylation sites (tertiary alicyclic amines) is 1. The van der Waals surface area contributed by atoms with E-state index in [1.165, 1.54) is 12.8 Å². The predicted molar refractivity (Wildman–Crippen MR) is 91.3 cm³/mol. The van der Waals surface area contributed by atoms with Crippen LogP contribution in [0.1, 0.15) is 55.4 Å². The Morgan fingerprint density at radius 2 is 2.12 bits per heavy atom. The number of H-pyrrole nitrogens is 1. The number of rotatable bonds is 4. The molecule has 138 valence electrons. The normalized spacial score (nSPS) is 27.1. The summed E-state index contributed by atoms with van der Waals surface area (Å²) in [7, 11) is 1.72. The van der Waals surface area contributed by atoms with Crippen molar-refractivity contribution < 1.29 is 9.32 Å². The van der Waals surface area contributed by atoms with Crippen molar-refractivity contribution in [3.63, 3.8) is 0 Å². The molecule has 0 aromatic carbocycles. The van der Waals surface area contributed by atoms with Crippen molar-refractivity contribution in [2.75, 3.05) is 6.54 Å². The van der Waals surface area contributed by atoms with E-state index in [0.29, 0.717) is 30.0 Å². The Balaban J connectivity index is 1.52. The van der Waals surface area contributed by atoms with E-state index >= 15 is 0 Å². The summed E-state index contributed by atoms with van der Waals surface area (Å²) >= 11 is 0. The van der Waals surface area contributed by atoms with E-state index in [-0.39, 0.29) is 17.6 Å². The van der Waals surface area contributed by atoms with Crippen molar-refractivity contribution >= 4 is 5.91 Å². The molecule has 0 spiro atoms. The lowest BCUT2D eigenvalue weighted by Crippen LogP contribution is -2.41. The molecule has 0 bridgehead atoms. The Bertz CT molecular complexity index is 917. The van der Waals surface area contributed by atoms with Crippen LogP contribution in [0.5, 0.6) is 0 Å². The minimum absolute atomic E-state index is 0.0947. The fourth-order valence-corrected chi connectivity index (χ4v) is 4.57. The van der Waals surface area contributed by atoms with Gasteiger partial charge >= 0.3 is 5.69 Å². The quantitative estimate of drug-likeness (QED) is 0.893. The van der Waals surface area contributed by atoms with E-state index in [9.17, 15) is 9.59 Å². The van der Waals surface area contributed by atoms with Crippen LogP contribution in [0.2, 0.25) is 0 Å². The molecule has 5 rings (SSSR count). The van der Waals surface area contributed by atoms with Gasteiger partial charge in [0.1, 0.15) is 5.41 Å². The highest BCUT2D eigenvalue weighted by Crippen LogP contribution is 2.55. The summed E-state index contributed by atoms with van der Waals surface area (Å²) in [5, 5.41) is 10.8. The van der Waals surface area contributed by atoms with Gasteiger partial charge in [0.25, 0.3) is 0 Å². The lowest BCUT2D eigenvalue weighted by molar-refractivity contribution is -0.136. The maximum atomic E-state index is 13.5. The smallest absolute Gasteiger partial charge is 0.343 e. The molecular formula is C18H23N5O3. The molecule has 2 atom stereocenters. The van der Waals surface area contributed by atoms with E-state index in [1.54, 1.807) is 11.6 Å². The Labute approximate surface area is 150 Å². The second-order valence-corrected chi connectivity index (χ2v) is 8.09. The number of aryl methyl sites for hydroxylation is 1. The van der Waals surface area contributed by atoms with Crippen LogP contribution < -0.4 is 5.69 Å². The monoisotopic (exact) mass is 357 g/mol. The van der Waals surface area contributed by atoms with Gasteiger partial charge in [-0.3, -0.25) is 9.36 Å². The molecule has 2 aliphatic carbocycles. The van der Waals surface area contributed by atoms with Crippen LogP contribution in [0.25, 0.3) is 0 Å². The molecule has 2 saturated carbocycles. The summed E-state index contributed by atoms with van der Waals surface area (Å²) in [6, 6.07) is 1.74. The van der Waals surface area contributed by atoms with Gasteiger partial charge in [0.2, 0.25) is 5.91 Å². The molecule has 2 aromatic rings. The van der Waals surface area contributed by atoms with Crippen LogP contribution in [0.15, 0.2) is 15.4 Å². The highest BCUT2D eigenvalue weighted by molar-refractivity contribution is 5.91. The molecule has 3 fully saturated rings. The summed E-state index contributed by atoms with van der Waals surface area (Å²) in [6.45, 7) is 2.58. The first-order valence-electron chi connectivity index (χ1n) is 9.37. The van der Waals surface area contributed by atoms with Crippen LogP contribution in [-0.4, -0.2) is 37.3 Å². The lowest BCUT2D eigenvalue weighted by atomic mass is 9.93. The fraction of sp³-hybridized carbons (Fsp3) is 0.667. The van der Waals surface area contributed by atoms with Gasteiger partial charge in [0, 0.05) is 19.7 Å². The number of aromatic nitrogens is 4. The van der Waals surface area contributed by atoms with Crippen LogP contribution >= 0.6 is 0 Å². The van der Waals surface area contributed by atoms with Gasteiger partial charge in [-0.05, 0) is 50.9 Å². The van der Waals surface area contributed by atoms with E-state index in [2.05, 4.69) is 15.4 Å². The van der Waals surface area contributed by atoms with Crippen molar-refractivity contribution in [3.8, 4) is 0 Å². The Kier molecular flexibility index (Phi) is 3.24. The second kappa shape index (κ2) is 5.31. The molecule has 3 aliphatic rings. The summed E-state index contributed by atoms with van der Waals surface area (Å²) in [4.78, 5) is 27.4. The maximum Gasteiger partial charge on any atom is 0.343 e. The predicted octanol–water partition coefficient (Wildman–Crippen LogP) is 1.44. The molecule has 26 heavy (non-hydrogen) atoms. The van der Waals surface area contributed by atoms with Gasteiger partial charge in [-0.15, -0.1) is 0 Å². The topological polar surface area (TPSA) is 97.0 Å². The second-order valence-electron chi connectivity index (χ2n) is 8.09. The van der Waals surface area contributed by atoms with E-state index in [0.717, 1.165) is 25.0 Å². The van der Waals surface area contributed by atoms with Crippen molar-refractivity contribution in [1.82, 2.24) is 24.8 Å². The fourth-order valence-electron chi connectivity index (χ4n) is 4.57. The van der Waals surface area contributed by atoms with Gasteiger partial charge in [-0.1, -0.05) is 5.16 Å². The van der Waals surface area contributed by atoms with Crippen molar-refractivity contribution in [2.45, 2.75) is 50.5 Å². The van der Waals surface area contributed by atoms with Crippen molar-refractivity contribution in [1.29, 1.82) is 0 Å². The van der Waals surface area contributed by atoms with E-state index in [4.69, 9.17) is 4.52 Å². The van der Waals surface area contributed by atoms with Gasteiger partial charge in [0.05, 0.1) is 11.7 Å². The highest BCUT2D eigenvalue weighted by Gasteiger charge is 2.59. The van der Waals surface area contributed by atoms with Crippen LogP contribution in [0.3, 0.4) is 0 Å². The zero-order valence-electron chi connectivity index (χ0n) is 15.1. The first-order chi connectivity index (χ1) is 12.5. The molecule has 1 amide bonds. The number of nitrogens with one attached hydrogen (secondary N) is 1. The number of nitrogens with zero attached hydrogens (tertiary/aromatic N) is 4. The Morgan fingerprint density at radius 1 is 1.35 bits per heavy atom. The summed E-state index contributed by atoms with van der Waals surface area (Å²) < 4.78 is 7.00. The standard InChI is InChI=1S/C18H23N5O3/c1-10-9-13(26-21-10)18(6-7-18)16(24)23-8-5-12(11-3-4-11)14(23)15-19-20-17(25)22(15)2/h9,11-12,14H,3-8H2,1-2H3,(H,20,25).